The minimum atomic E-state index is -0.371. The van der Waals surface area contributed by atoms with Gasteiger partial charge in [0.05, 0.1) is 19.5 Å². The molecule has 1 aliphatic rings. The lowest BCUT2D eigenvalue weighted by atomic mass is 9.95. The number of hydrogen-bond acceptors (Lipinski definition) is 6. The van der Waals surface area contributed by atoms with Gasteiger partial charge in [-0.25, -0.2) is 0 Å². The molecule has 8 heteroatoms. The SMILES string of the molecule is COc1cc(NC(=O)[C@@H](C)Sc2nnc(Cc3cccc4ccccc34)n2C2CCCCC2)cc(OC)c1. The summed E-state index contributed by atoms with van der Waals surface area (Å²) < 4.78 is 13.0. The van der Waals surface area contributed by atoms with E-state index < -0.39 is 0 Å². The molecule has 0 saturated heterocycles. The molecule has 1 N–H and O–H groups in total. The Kier molecular flexibility index (Phi) is 8.17. The second-order valence-corrected chi connectivity index (χ2v) is 11.0. The number of hydrogen-bond donors (Lipinski definition) is 1. The van der Waals surface area contributed by atoms with Crippen LogP contribution in [0.4, 0.5) is 5.69 Å². The number of anilines is 1. The van der Waals surface area contributed by atoms with Crippen molar-refractivity contribution in [3.63, 3.8) is 0 Å². The third-order valence-electron chi connectivity index (χ3n) is 7.17. The standard InChI is InChI=1S/C30H34N4O3S/c1-20(29(35)31-23-17-25(36-2)19-26(18-23)37-3)38-30-33-32-28(34(30)24-13-5-4-6-14-24)16-22-12-9-11-21-10-7-8-15-27(21)22/h7-12,15,17-20,24H,4-6,13-14,16H2,1-3H3,(H,31,35)/t20-/m1/s1. The highest BCUT2D eigenvalue weighted by Crippen LogP contribution is 2.35. The second-order valence-electron chi connectivity index (χ2n) is 9.73. The number of carbonyl (C=O) groups excluding carboxylic acids is 1. The minimum absolute atomic E-state index is 0.112. The Morgan fingerprint density at radius 3 is 2.45 bits per heavy atom. The van der Waals surface area contributed by atoms with Crippen LogP contribution in [-0.4, -0.2) is 40.1 Å². The first-order valence-electron chi connectivity index (χ1n) is 13.2. The zero-order valence-electron chi connectivity index (χ0n) is 22.1. The molecule has 1 saturated carbocycles. The monoisotopic (exact) mass is 530 g/mol. The Balaban J connectivity index is 1.39. The van der Waals surface area contributed by atoms with Gasteiger partial charge in [0.1, 0.15) is 17.3 Å². The maximum absolute atomic E-state index is 13.2. The highest BCUT2D eigenvalue weighted by Gasteiger charge is 2.26. The fraction of sp³-hybridized carbons (Fsp3) is 0.367. The van der Waals surface area contributed by atoms with E-state index in [1.807, 2.05) is 6.92 Å². The summed E-state index contributed by atoms with van der Waals surface area (Å²) >= 11 is 1.46. The van der Waals surface area contributed by atoms with Crippen LogP contribution >= 0.6 is 11.8 Å². The van der Waals surface area contributed by atoms with Crippen LogP contribution in [0.5, 0.6) is 11.5 Å². The zero-order chi connectivity index (χ0) is 26.5. The van der Waals surface area contributed by atoms with Crippen LogP contribution in [0.25, 0.3) is 10.8 Å². The summed E-state index contributed by atoms with van der Waals surface area (Å²) in [4.78, 5) is 13.2. The molecule has 0 spiro atoms. The Hall–Kier alpha value is -3.52. The topological polar surface area (TPSA) is 78.3 Å². The molecule has 1 atom stereocenters. The van der Waals surface area contributed by atoms with Gasteiger partial charge in [0.25, 0.3) is 0 Å². The van der Waals surface area contributed by atoms with Gasteiger partial charge in [-0.05, 0) is 36.1 Å². The molecule has 1 aliphatic carbocycles. The Bertz CT molecular complexity index is 1390. The number of carbonyl (C=O) groups is 1. The van der Waals surface area contributed by atoms with Gasteiger partial charge in [0.2, 0.25) is 5.91 Å². The van der Waals surface area contributed by atoms with Crippen molar-refractivity contribution in [3.8, 4) is 11.5 Å². The van der Waals surface area contributed by atoms with Crippen molar-refractivity contribution >= 4 is 34.1 Å². The fourth-order valence-corrected chi connectivity index (χ4v) is 6.10. The molecular formula is C30H34N4O3S. The highest BCUT2D eigenvalue weighted by molar-refractivity contribution is 8.00. The lowest BCUT2D eigenvalue weighted by Gasteiger charge is -2.26. The van der Waals surface area contributed by atoms with Gasteiger partial charge < -0.3 is 19.4 Å². The van der Waals surface area contributed by atoms with E-state index in [1.165, 1.54) is 47.4 Å². The van der Waals surface area contributed by atoms with Crippen molar-refractivity contribution in [1.29, 1.82) is 0 Å². The van der Waals surface area contributed by atoms with Crippen LogP contribution in [0.15, 0.2) is 65.8 Å². The molecule has 1 heterocycles. The van der Waals surface area contributed by atoms with Gasteiger partial charge in [-0.1, -0.05) is 73.5 Å². The van der Waals surface area contributed by atoms with Crippen LogP contribution < -0.4 is 14.8 Å². The summed E-state index contributed by atoms with van der Waals surface area (Å²) in [5, 5.41) is 15.2. The summed E-state index contributed by atoms with van der Waals surface area (Å²) in [6.45, 7) is 1.90. The molecule has 5 rings (SSSR count). The van der Waals surface area contributed by atoms with Crippen LogP contribution in [0.2, 0.25) is 0 Å². The first-order valence-corrected chi connectivity index (χ1v) is 14.0. The summed E-state index contributed by atoms with van der Waals surface area (Å²) in [7, 11) is 3.18. The molecule has 0 bridgehead atoms. The van der Waals surface area contributed by atoms with Gasteiger partial charge in [0.15, 0.2) is 5.16 Å². The van der Waals surface area contributed by atoms with Crippen molar-refractivity contribution in [2.45, 2.75) is 61.9 Å². The van der Waals surface area contributed by atoms with Gasteiger partial charge >= 0.3 is 0 Å². The average molecular weight is 531 g/mol. The number of rotatable bonds is 9. The minimum Gasteiger partial charge on any atom is -0.497 e. The molecule has 1 aromatic heterocycles. The van der Waals surface area contributed by atoms with Crippen molar-refractivity contribution < 1.29 is 14.3 Å². The Morgan fingerprint density at radius 2 is 1.71 bits per heavy atom. The number of benzene rings is 3. The number of ether oxygens (including phenoxy) is 2. The van der Waals surface area contributed by atoms with Gasteiger partial charge in [0, 0.05) is 36.3 Å². The third kappa shape index (κ3) is 5.80. The lowest BCUT2D eigenvalue weighted by molar-refractivity contribution is -0.115. The summed E-state index contributed by atoms with van der Waals surface area (Å²) in [6, 6.07) is 20.6. The third-order valence-corrected chi connectivity index (χ3v) is 8.23. The van der Waals surface area contributed by atoms with Crippen molar-refractivity contribution in [1.82, 2.24) is 14.8 Å². The normalized spacial score (nSPS) is 14.8. The van der Waals surface area contributed by atoms with Gasteiger partial charge in [-0.15, -0.1) is 10.2 Å². The zero-order valence-corrected chi connectivity index (χ0v) is 23.0. The van der Waals surface area contributed by atoms with Gasteiger partial charge in [-0.3, -0.25) is 4.79 Å². The van der Waals surface area contributed by atoms with E-state index in [1.54, 1.807) is 32.4 Å². The highest BCUT2D eigenvalue weighted by atomic mass is 32.2. The fourth-order valence-electron chi connectivity index (χ4n) is 5.17. The Labute approximate surface area is 227 Å². The number of thioether (sulfide) groups is 1. The molecular weight excluding hydrogens is 496 g/mol. The molecule has 4 aromatic rings. The largest absolute Gasteiger partial charge is 0.497 e. The van der Waals surface area contributed by atoms with E-state index in [0.717, 1.165) is 23.8 Å². The molecule has 38 heavy (non-hydrogen) atoms. The van der Waals surface area contributed by atoms with Gasteiger partial charge in [-0.2, -0.15) is 0 Å². The second kappa shape index (κ2) is 11.9. The van der Waals surface area contributed by atoms with E-state index in [2.05, 4.69) is 62.5 Å². The van der Waals surface area contributed by atoms with Crippen LogP contribution in [0.3, 0.4) is 0 Å². The summed E-state index contributed by atoms with van der Waals surface area (Å²) in [5.74, 6) is 2.09. The van der Waals surface area contributed by atoms with Crippen molar-refractivity contribution in [2.75, 3.05) is 19.5 Å². The number of nitrogens with one attached hydrogen (secondary N) is 1. The molecule has 0 unspecified atom stereocenters. The molecule has 198 valence electrons. The molecule has 7 nitrogen and oxygen atoms in total. The van der Waals surface area contributed by atoms with E-state index in [-0.39, 0.29) is 11.2 Å². The smallest absolute Gasteiger partial charge is 0.237 e. The number of nitrogens with zero attached hydrogens (tertiary/aromatic N) is 3. The van der Waals surface area contributed by atoms with E-state index in [4.69, 9.17) is 9.47 Å². The Morgan fingerprint density at radius 1 is 1.00 bits per heavy atom. The van der Waals surface area contributed by atoms with E-state index >= 15 is 0 Å². The summed E-state index contributed by atoms with van der Waals surface area (Å²) in [6.07, 6.45) is 6.59. The maximum Gasteiger partial charge on any atom is 0.237 e. The molecule has 1 fully saturated rings. The first kappa shape index (κ1) is 26.1. The molecule has 3 aromatic carbocycles. The van der Waals surface area contributed by atoms with E-state index in [9.17, 15) is 4.79 Å². The van der Waals surface area contributed by atoms with Crippen LogP contribution in [-0.2, 0) is 11.2 Å². The molecule has 1 amide bonds. The number of aromatic nitrogens is 3. The lowest BCUT2D eigenvalue weighted by Crippen LogP contribution is -2.24. The number of amides is 1. The first-order chi connectivity index (χ1) is 18.6. The maximum atomic E-state index is 13.2. The average Bonchev–Trinajstić information content (AvgIpc) is 3.34. The molecule has 0 aliphatic heterocycles. The predicted octanol–water partition coefficient (Wildman–Crippen LogP) is 6.66. The summed E-state index contributed by atoms with van der Waals surface area (Å²) in [5.41, 5.74) is 1.87. The van der Waals surface area contributed by atoms with E-state index in [0.29, 0.717) is 29.6 Å². The number of fused-ring (bicyclic) bond motifs is 1. The van der Waals surface area contributed by atoms with Crippen molar-refractivity contribution in [3.05, 3.63) is 72.1 Å². The molecule has 0 radical (unpaired) electrons. The predicted molar refractivity (Wildman–Crippen MR) is 152 cm³/mol. The number of methoxy groups -OCH3 is 2. The van der Waals surface area contributed by atoms with Crippen molar-refractivity contribution in [2.24, 2.45) is 0 Å². The quantitative estimate of drug-likeness (QED) is 0.244. The van der Waals surface area contributed by atoms with Crippen LogP contribution in [0, 0.1) is 0 Å². The van der Waals surface area contributed by atoms with Crippen LogP contribution in [0.1, 0.15) is 56.5 Å².